The molecule has 7 nitrogen and oxygen atoms in total. The van der Waals surface area contributed by atoms with Gasteiger partial charge >= 0.3 is 0 Å². The molecule has 1 amide bonds. The number of aromatic nitrogens is 3. The fourth-order valence-corrected chi connectivity index (χ4v) is 3.10. The lowest BCUT2D eigenvalue weighted by atomic mass is 10.0. The predicted octanol–water partition coefficient (Wildman–Crippen LogP) is 1.35. The van der Waals surface area contributed by atoms with Gasteiger partial charge in [-0.05, 0) is 30.2 Å². The van der Waals surface area contributed by atoms with E-state index >= 15 is 0 Å². The van der Waals surface area contributed by atoms with Gasteiger partial charge in [0, 0.05) is 31.2 Å². The van der Waals surface area contributed by atoms with Crippen LogP contribution in [0.4, 0.5) is 0 Å². The highest BCUT2D eigenvalue weighted by Gasteiger charge is 2.24. The van der Waals surface area contributed by atoms with Crippen LogP contribution in [0, 0.1) is 5.92 Å². The van der Waals surface area contributed by atoms with Crippen molar-refractivity contribution in [2.24, 2.45) is 5.92 Å². The van der Waals surface area contributed by atoms with E-state index in [1.165, 1.54) is 6.33 Å². The zero-order valence-corrected chi connectivity index (χ0v) is 14.8. The number of hydrogen-bond acceptors (Lipinski definition) is 5. The van der Waals surface area contributed by atoms with E-state index in [4.69, 9.17) is 4.74 Å². The van der Waals surface area contributed by atoms with E-state index in [2.05, 4.69) is 34.1 Å². The number of carbonyl (C=O) groups is 1. The van der Waals surface area contributed by atoms with Gasteiger partial charge in [-0.3, -0.25) is 9.69 Å². The number of carbonyl (C=O) groups excluding carboxylic acids is 1. The number of amides is 1. The van der Waals surface area contributed by atoms with Crippen molar-refractivity contribution in [3.63, 3.8) is 0 Å². The summed E-state index contributed by atoms with van der Waals surface area (Å²) < 4.78 is 7.09. The van der Waals surface area contributed by atoms with Crippen molar-refractivity contribution in [2.45, 2.75) is 19.9 Å². The van der Waals surface area contributed by atoms with E-state index in [1.807, 2.05) is 24.3 Å². The molecule has 0 radical (unpaired) electrons. The number of morpholine rings is 1. The van der Waals surface area contributed by atoms with Crippen LogP contribution in [0.2, 0.25) is 0 Å². The lowest BCUT2D eigenvalue weighted by Crippen LogP contribution is -2.51. The first-order valence-electron chi connectivity index (χ1n) is 8.70. The van der Waals surface area contributed by atoms with Crippen LogP contribution >= 0.6 is 0 Å². The summed E-state index contributed by atoms with van der Waals surface area (Å²) in [7, 11) is 0. The molecule has 1 aromatic heterocycles. The van der Waals surface area contributed by atoms with Crippen LogP contribution in [0.1, 0.15) is 24.2 Å². The summed E-state index contributed by atoms with van der Waals surface area (Å²) in [6.07, 6.45) is 3.11. The Kier molecular flexibility index (Phi) is 5.78. The van der Waals surface area contributed by atoms with Crippen molar-refractivity contribution in [3.8, 4) is 5.69 Å². The molecule has 7 heteroatoms. The molecule has 0 bridgehead atoms. The molecular weight excluding hydrogens is 318 g/mol. The maximum atomic E-state index is 12.5. The molecule has 1 atom stereocenters. The van der Waals surface area contributed by atoms with Gasteiger partial charge in [-0.1, -0.05) is 13.8 Å². The zero-order chi connectivity index (χ0) is 17.6. The minimum atomic E-state index is -0.0518. The molecule has 0 aliphatic carbocycles. The number of hydrogen-bond donors (Lipinski definition) is 1. The van der Waals surface area contributed by atoms with Crippen LogP contribution in [0.15, 0.2) is 36.9 Å². The Hall–Kier alpha value is -2.25. The highest BCUT2D eigenvalue weighted by molar-refractivity contribution is 5.94. The molecular formula is C18H25N5O2. The lowest BCUT2D eigenvalue weighted by Gasteiger charge is -2.36. The first-order valence-corrected chi connectivity index (χ1v) is 8.70. The van der Waals surface area contributed by atoms with Crippen molar-refractivity contribution in [1.29, 1.82) is 0 Å². The van der Waals surface area contributed by atoms with E-state index < -0.39 is 0 Å². The fourth-order valence-electron chi connectivity index (χ4n) is 3.10. The van der Waals surface area contributed by atoms with Gasteiger partial charge in [-0.2, -0.15) is 5.10 Å². The third-order valence-corrected chi connectivity index (χ3v) is 4.57. The molecule has 1 unspecified atom stereocenters. The Morgan fingerprint density at radius 1 is 1.24 bits per heavy atom. The van der Waals surface area contributed by atoms with Crippen LogP contribution in [-0.4, -0.2) is 64.5 Å². The van der Waals surface area contributed by atoms with E-state index in [9.17, 15) is 4.79 Å². The second-order valence-corrected chi connectivity index (χ2v) is 6.56. The van der Waals surface area contributed by atoms with Crippen molar-refractivity contribution in [1.82, 2.24) is 25.0 Å². The van der Waals surface area contributed by atoms with Gasteiger partial charge < -0.3 is 10.1 Å². The Labute approximate surface area is 148 Å². The number of benzene rings is 1. The van der Waals surface area contributed by atoms with E-state index in [-0.39, 0.29) is 5.91 Å². The van der Waals surface area contributed by atoms with E-state index in [0.29, 0.717) is 24.1 Å². The molecule has 1 aliphatic rings. The van der Waals surface area contributed by atoms with Gasteiger partial charge in [0.1, 0.15) is 12.7 Å². The summed E-state index contributed by atoms with van der Waals surface area (Å²) in [5.74, 6) is 0.414. The molecule has 2 heterocycles. The molecule has 1 N–H and O–H groups in total. The molecule has 3 rings (SSSR count). The summed E-state index contributed by atoms with van der Waals surface area (Å²) in [6.45, 7) is 8.40. The van der Waals surface area contributed by atoms with Crippen molar-refractivity contribution in [3.05, 3.63) is 42.5 Å². The lowest BCUT2D eigenvalue weighted by molar-refractivity contribution is 0.00673. The van der Waals surface area contributed by atoms with Crippen LogP contribution in [-0.2, 0) is 4.74 Å². The zero-order valence-electron chi connectivity index (χ0n) is 14.8. The monoisotopic (exact) mass is 343 g/mol. The van der Waals surface area contributed by atoms with E-state index in [0.717, 1.165) is 32.0 Å². The Morgan fingerprint density at radius 2 is 1.96 bits per heavy atom. The van der Waals surface area contributed by atoms with Gasteiger partial charge in [0.05, 0.1) is 18.9 Å². The molecule has 0 spiro atoms. The summed E-state index contributed by atoms with van der Waals surface area (Å²) in [4.78, 5) is 18.8. The number of rotatable bonds is 6. The van der Waals surface area contributed by atoms with Gasteiger partial charge in [0.15, 0.2) is 0 Å². The second kappa shape index (κ2) is 8.22. The average molecular weight is 343 g/mol. The van der Waals surface area contributed by atoms with E-state index in [1.54, 1.807) is 11.0 Å². The Bertz CT molecular complexity index is 663. The molecule has 1 saturated heterocycles. The summed E-state index contributed by atoms with van der Waals surface area (Å²) in [5.41, 5.74) is 1.52. The summed E-state index contributed by atoms with van der Waals surface area (Å²) >= 11 is 0. The van der Waals surface area contributed by atoms with Crippen molar-refractivity contribution in [2.75, 3.05) is 32.8 Å². The van der Waals surface area contributed by atoms with Gasteiger partial charge in [0.2, 0.25) is 0 Å². The Morgan fingerprint density at radius 3 is 2.56 bits per heavy atom. The number of nitrogens with one attached hydrogen (secondary N) is 1. The first-order chi connectivity index (χ1) is 12.1. The van der Waals surface area contributed by atoms with Crippen LogP contribution < -0.4 is 5.32 Å². The smallest absolute Gasteiger partial charge is 0.251 e. The minimum Gasteiger partial charge on any atom is -0.379 e. The quantitative estimate of drug-likeness (QED) is 0.857. The third kappa shape index (κ3) is 4.43. The standard InChI is InChI=1S/C18H25N5O2/c1-14(2)17(22-7-9-25-10-8-22)11-20-18(24)15-3-5-16(6-4-15)23-13-19-12-21-23/h3-6,12-14,17H,7-11H2,1-2H3,(H,20,24). The average Bonchev–Trinajstić information content (AvgIpc) is 3.17. The van der Waals surface area contributed by atoms with Crippen LogP contribution in [0.5, 0.6) is 0 Å². The summed E-state index contributed by atoms with van der Waals surface area (Å²) in [6, 6.07) is 7.68. The number of nitrogens with zero attached hydrogens (tertiary/aromatic N) is 4. The molecule has 1 aromatic carbocycles. The van der Waals surface area contributed by atoms with Crippen molar-refractivity contribution >= 4 is 5.91 Å². The molecule has 1 aliphatic heterocycles. The molecule has 25 heavy (non-hydrogen) atoms. The minimum absolute atomic E-state index is 0.0518. The highest BCUT2D eigenvalue weighted by Crippen LogP contribution is 2.13. The molecule has 0 saturated carbocycles. The van der Waals surface area contributed by atoms with Gasteiger partial charge in [0.25, 0.3) is 5.91 Å². The first kappa shape index (κ1) is 17.6. The SMILES string of the molecule is CC(C)C(CNC(=O)c1ccc(-n2cncn2)cc1)N1CCOCC1. The topological polar surface area (TPSA) is 72.3 Å². The molecule has 134 valence electrons. The predicted molar refractivity (Wildman–Crippen MR) is 94.7 cm³/mol. The van der Waals surface area contributed by atoms with Gasteiger partial charge in [-0.15, -0.1) is 0 Å². The van der Waals surface area contributed by atoms with Crippen LogP contribution in [0.25, 0.3) is 5.69 Å². The maximum absolute atomic E-state index is 12.5. The largest absolute Gasteiger partial charge is 0.379 e. The normalized spacial score (nSPS) is 16.8. The fraction of sp³-hybridized carbons (Fsp3) is 0.500. The maximum Gasteiger partial charge on any atom is 0.251 e. The highest BCUT2D eigenvalue weighted by atomic mass is 16.5. The Balaban J connectivity index is 1.59. The summed E-state index contributed by atoms with van der Waals surface area (Å²) in [5, 5.41) is 7.16. The number of ether oxygens (including phenoxy) is 1. The van der Waals surface area contributed by atoms with Crippen molar-refractivity contribution < 1.29 is 9.53 Å². The van der Waals surface area contributed by atoms with Crippen LogP contribution in [0.3, 0.4) is 0 Å². The van der Waals surface area contributed by atoms with Gasteiger partial charge in [-0.25, -0.2) is 9.67 Å². The second-order valence-electron chi connectivity index (χ2n) is 6.56. The molecule has 2 aromatic rings. The molecule has 1 fully saturated rings. The third-order valence-electron chi connectivity index (χ3n) is 4.57.